The Morgan fingerprint density at radius 3 is 1.45 bits per heavy atom. The van der Waals surface area contributed by atoms with E-state index in [-0.39, 0.29) is 54.2 Å². The number of likely N-dealkylation sites (N-methyl/N-ethyl adjacent to an activating group) is 2. The Morgan fingerprint density at radius 2 is 1.10 bits per heavy atom. The van der Waals surface area contributed by atoms with E-state index in [0.717, 1.165) is 50.8 Å². The van der Waals surface area contributed by atoms with Crippen LogP contribution in [0.4, 0.5) is 23.0 Å². The third-order valence-corrected chi connectivity index (χ3v) is 11.3. The van der Waals surface area contributed by atoms with Crippen LogP contribution in [0.5, 0.6) is 0 Å². The van der Waals surface area contributed by atoms with Crippen LogP contribution in [-0.2, 0) is 9.59 Å². The minimum atomic E-state index is -1.05. The third kappa shape index (κ3) is 9.04. The number of fused-ring (bicyclic) bond motifs is 2. The van der Waals surface area contributed by atoms with Crippen LogP contribution in [-0.4, -0.2) is 131 Å². The van der Waals surface area contributed by atoms with Gasteiger partial charge in [0.15, 0.2) is 11.6 Å². The summed E-state index contributed by atoms with van der Waals surface area (Å²) in [6.45, 7) is 4.05. The lowest BCUT2D eigenvalue weighted by atomic mass is 10.0. The Hall–Kier alpha value is -5.36. The van der Waals surface area contributed by atoms with Gasteiger partial charge in [-0.2, -0.15) is 20.2 Å². The largest absolute Gasteiger partial charge is 0.478 e. The SMILES string of the molecule is C.CC[C@@H]1C(=O)N(C)c2cnc(-n3cc(C(=O)N(C)C)cn3)nc2N1C1CCCC1.CC[C@@H]1C(=O)N(C)c2cnc(-n3cc(C(=O)O)cn3)nc2N1C1CCCC1.ClCCl. The van der Waals surface area contributed by atoms with E-state index in [9.17, 15) is 19.2 Å². The molecule has 0 bridgehead atoms. The average molecular weight is 869 g/mol. The van der Waals surface area contributed by atoms with Crippen molar-refractivity contribution in [2.45, 2.75) is 110 Å². The Bertz CT molecular complexity index is 2150. The molecule has 2 atom stereocenters. The van der Waals surface area contributed by atoms with Crippen LogP contribution in [0.3, 0.4) is 0 Å². The molecule has 8 rings (SSSR count). The maximum Gasteiger partial charge on any atom is 0.338 e. The molecule has 18 nitrogen and oxygen atoms in total. The maximum absolute atomic E-state index is 13.0. The van der Waals surface area contributed by atoms with Gasteiger partial charge in [-0.25, -0.2) is 24.1 Å². The number of nitrogens with zero attached hydrogens (tertiary/aromatic N) is 13. The number of hydrogen-bond donors (Lipinski definition) is 1. The summed E-state index contributed by atoms with van der Waals surface area (Å²) in [5.41, 5.74) is 1.93. The molecule has 60 heavy (non-hydrogen) atoms. The highest BCUT2D eigenvalue weighted by molar-refractivity contribution is 6.40. The van der Waals surface area contributed by atoms with Crippen molar-refractivity contribution in [2.24, 2.45) is 0 Å². The minimum absolute atomic E-state index is 0. The summed E-state index contributed by atoms with van der Waals surface area (Å²) in [5.74, 6) is 1.13. The van der Waals surface area contributed by atoms with Gasteiger partial charge >= 0.3 is 5.97 Å². The zero-order valence-corrected chi connectivity index (χ0v) is 35.7. The summed E-state index contributed by atoms with van der Waals surface area (Å²) in [5, 5.41) is 17.6. The molecule has 4 aromatic heterocycles. The summed E-state index contributed by atoms with van der Waals surface area (Å²) in [7, 11) is 6.93. The minimum Gasteiger partial charge on any atom is -0.478 e. The van der Waals surface area contributed by atoms with Crippen LogP contribution >= 0.6 is 23.2 Å². The predicted octanol–water partition coefficient (Wildman–Crippen LogP) is 5.79. The van der Waals surface area contributed by atoms with Crippen molar-refractivity contribution in [3.05, 3.63) is 48.3 Å². The quantitative estimate of drug-likeness (QED) is 0.210. The van der Waals surface area contributed by atoms with E-state index in [1.807, 2.05) is 13.8 Å². The number of carbonyl (C=O) groups excluding carboxylic acids is 3. The van der Waals surface area contributed by atoms with Crippen molar-refractivity contribution in [1.29, 1.82) is 0 Å². The fourth-order valence-electron chi connectivity index (χ4n) is 8.31. The van der Waals surface area contributed by atoms with Gasteiger partial charge in [0.25, 0.3) is 17.8 Å². The van der Waals surface area contributed by atoms with Gasteiger partial charge < -0.3 is 29.6 Å². The molecule has 6 heterocycles. The van der Waals surface area contributed by atoms with Gasteiger partial charge in [-0.05, 0) is 38.5 Å². The molecule has 0 spiro atoms. The van der Waals surface area contributed by atoms with E-state index in [1.54, 1.807) is 56.6 Å². The van der Waals surface area contributed by atoms with Gasteiger partial charge in [-0.1, -0.05) is 47.0 Å². The zero-order chi connectivity index (χ0) is 42.5. The molecule has 2 aliphatic heterocycles. The van der Waals surface area contributed by atoms with Gasteiger partial charge in [0.1, 0.15) is 23.5 Å². The second kappa shape index (κ2) is 19.8. The summed E-state index contributed by atoms with van der Waals surface area (Å²) in [6.07, 6.45) is 19.4. The summed E-state index contributed by atoms with van der Waals surface area (Å²) in [4.78, 5) is 76.5. The van der Waals surface area contributed by atoms with Gasteiger partial charge in [0.05, 0.1) is 41.3 Å². The van der Waals surface area contributed by atoms with Crippen LogP contribution in [0, 0.1) is 0 Å². The maximum atomic E-state index is 13.0. The first-order valence-corrected chi connectivity index (χ1v) is 20.9. The number of rotatable bonds is 8. The highest BCUT2D eigenvalue weighted by atomic mass is 35.5. The van der Waals surface area contributed by atoms with Crippen LogP contribution in [0.15, 0.2) is 37.2 Å². The first kappa shape index (κ1) is 45.7. The third-order valence-electron chi connectivity index (χ3n) is 11.3. The Labute approximate surface area is 360 Å². The molecule has 324 valence electrons. The van der Waals surface area contributed by atoms with Gasteiger partial charge in [0, 0.05) is 52.7 Å². The smallest absolute Gasteiger partial charge is 0.338 e. The number of hydrogen-bond acceptors (Lipinski definition) is 12. The number of halogens is 2. The number of anilines is 4. The van der Waals surface area contributed by atoms with Crippen molar-refractivity contribution < 1.29 is 24.3 Å². The standard InChI is InChI=1S/C20H27N7O2.C18H22N6O3.CH2Cl2.CH4/c1-5-15-19(29)25(4)16-11-21-20(23-17(16)27(15)14-8-6-7-9-14)26-12-13(10-22-26)18(28)24(2)3;1-3-13-16(25)22(2)14-9-19-18(23-10-11(8-20-23)17(26)27)21-15(14)24(13)12-6-4-5-7-12;2-1-3;/h10-12,14-15H,5-9H2,1-4H3;8-10,12-13H,3-7H2,1-2H3,(H,26,27);1H2;1H4/t15-;13-;;/m11../s1. The highest BCUT2D eigenvalue weighted by Crippen LogP contribution is 2.41. The van der Waals surface area contributed by atoms with Crippen molar-refractivity contribution in [1.82, 2.24) is 44.4 Å². The summed E-state index contributed by atoms with van der Waals surface area (Å²) >= 11 is 9.53. The molecule has 4 aromatic rings. The van der Waals surface area contributed by atoms with Gasteiger partial charge in [-0.15, -0.1) is 23.2 Å². The number of amides is 3. The van der Waals surface area contributed by atoms with Crippen LogP contribution in [0.2, 0.25) is 0 Å². The van der Waals surface area contributed by atoms with E-state index >= 15 is 0 Å². The first-order valence-electron chi connectivity index (χ1n) is 19.9. The second-order valence-electron chi connectivity index (χ2n) is 15.0. The molecule has 0 saturated heterocycles. The van der Waals surface area contributed by atoms with Crippen LogP contribution in [0.25, 0.3) is 11.9 Å². The molecule has 0 aromatic carbocycles. The Morgan fingerprint density at radius 1 is 0.717 bits per heavy atom. The second-order valence-corrected chi connectivity index (χ2v) is 15.9. The average Bonchev–Trinajstić information content (AvgIpc) is 4.09. The molecule has 1 N–H and O–H groups in total. The molecule has 20 heteroatoms. The number of carboxylic acids is 1. The topological polar surface area (TPSA) is 192 Å². The molecule has 3 amide bonds. The van der Waals surface area contributed by atoms with E-state index < -0.39 is 5.97 Å². The number of aromatic nitrogens is 8. The zero-order valence-electron chi connectivity index (χ0n) is 34.2. The monoisotopic (exact) mass is 867 g/mol. The number of alkyl halides is 2. The van der Waals surface area contributed by atoms with Gasteiger partial charge in [0.2, 0.25) is 11.8 Å². The molecular weight excluding hydrogens is 813 g/mol. The highest BCUT2D eigenvalue weighted by Gasteiger charge is 2.43. The molecule has 2 saturated carbocycles. The number of aromatic carboxylic acids is 1. The van der Waals surface area contributed by atoms with Crippen molar-refractivity contribution in [3.8, 4) is 11.9 Å². The van der Waals surface area contributed by atoms with E-state index in [1.165, 1.54) is 45.7 Å². The fourth-order valence-corrected chi connectivity index (χ4v) is 8.31. The Balaban J connectivity index is 0.000000211. The summed E-state index contributed by atoms with van der Waals surface area (Å²) in [6, 6.07) is 0.117. The molecule has 0 radical (unpaired) electrons. The van der Waals surface area contributed by atoms with Crippen LogP contribution < -0.4 is 19.6 Å². The predicted molar refractivity (Wildman–Crippen MR) is 231 cm³/mol. The lowest BCUT2D eigenvalue weighted by Gasteiger charge is -2.43. The first-order chi connectivity index (χ1) is 28.3. The Kier molecular flexibility index (Phi) is 15.1. The number of carbonyl (C=O) groups is 4. The van der Waals surface area contributed by atoms with Crippen molar-refractivity contribution >= 4 is 69.9 Å². The molecule has 2 fully saturated rings. The van der Waals surface area contributed by atoms with E-state index in [2.05, 4.69) is 30.0 Å². The molecule has 0 unspecified atom stereocenters. The van der Waals surface area contributed by atoms with Crippen molar-refractivity contribution in [3.63, 3.8) is 0 Å². The fraction of sp³-hybridized carbons (Fsp3) is 0.550. The molecular formula is C40H55Cl2N13O5. The summed E-state index contributed by atoms with van der Waals surface area (Å²) < 4.78 is 2.87. The van der Waals surface area contributed by atoms with Gasteiger partial charge in [-0.3, -0.25) is 14.4 Å². The normalized spacial score (nSPS) is 18.9. The lowest BCUT2D eigenvalue weighted by Crippen LogP contribution is -2.55. The molecule has 2 aliphatic carbocycles. The van der Waals surface area contributed by atoms with Crippen LogP contribution in [0.1, 0.15) is 106 Å². The van der Waals surface area contributed by atoms with E-state index in [0.29, 0.717) is 47.1 Å². The van der Waals surface area contributed by atoms with Crippen molar-refractivity contribution in [2.75, 3.05) is 53.1 Å². The van der Waals surface area contributed by atoms with E-state index in [4.69, 9.17) is 38.3 Å². The number of carboxylic acid groups (broad SMARTS) is 1. The lowest BCUT2D eigenvalue weighted by molar-refractivity contribution is -0.120. The molecule has 4 aliphatic rings.